The Morgan fingerprint density at radius 1 is 1.15 bits per heavy atom. The first-order chi connectivity index (χ1) is 9.38. The van der Waals surface area contributed by atoms with E-state index in [-0.39, 0.29) is 10.8 Å². The van der Waals surface area contributed by atoms with Crippen LogP contribution in [0.2, 0.25) is 0 Å². The quantitative estimate of drug-likeness (QED) is 0.849. The van der Waals surface area contributed by atoms with Crippen molar-refractivity contribution in [1.29, 1.82) is 0 Å². The molecule has 1 N–H and O–H groups in total. The highest BCUT2D eigenvalue weighted by molar-refractivity contribution is 7.99. The number of nitrogens with zero attached hydrogens (tertiary/aromatic N) is 1. The highest BCUT2D eigenvalue weighted by Crippen LogP contribution is 2.35. The summed E-state index contributed by atoms with van der Waals surface area (Å²) in [4.78, 5) is 4.50. The minimum atomic E-state index is -4.45. The van der Waals surface area contributed by atoms with Gasteiger partial charge >= 0.3 is 6.18 Å². The number of benzene rings is 1. The van der Waals surface area contributed by atoms with Crippen molar-refractivity contribution in [3.63, 3.8) is 0 Å². The summed E-state index contributed by atoms with van der Waals surface area (Å²) in [5.41, 5.74) is -0.796. The lowest BCUT2D eigenvalue weighted by atomic mass is 10.2. The van der Waals surface area contributed by atoms with E-state index >= 15 is 0 Å². The topological polar surface area (TPSA) is 24.9 Å². The van der Waals surface area contributed by atoms with Crippen molar-refractivity contribution >= 4 is 17.6 Å². The molecular formula is C13H10F4N2S. The monoisotopic (exact) mass is 302 g/mol. The van der Waals surface area contributed by atoms with Gasteiger partial charge in [0.05, 0.1) is 5.56 Å². The first-order valence-electron chi connectivity index (χ1n) is 5.59. The molecule has 7 heteroatoms. The van der Waals surface area contributed by atoms with Crippen LogP contribution in [0.15, 0.2) is 46.3 Å². The van der Waals surface area contributed by atoms with Gasteiger partial charge in [-0.15, -0.1) is 0 Å². The van der Waals surface area contributed by atoms with Crippen LogP contribution >= 0.6 is 11.8 Å². The fourth-order valence-electron chi connectivity index (χ4n) is 1.50. The lowest BCUT2D eigenvalue weighted by molar-refractivity contribution is -0.137. The molecule has 0 saturated carbocycles. The van der Waals surface area contributed by atoms with Gasteiger partial charge in [-0.25, -0.2) is 9.37 Å². The second kappa shape index (κ2) is 5.70. The molecule has 1 aromatic carbocycles. The van der Waals surface area contributed by atoms with Gasteiger partial charge in [-0.3, -0.25) is 0 Å². The predicted octanol–water partition coefficient (Wildman–Crippen LogP) is 4.43. The Morgan fingerprint density at radius 2 is 1.90 bits per heavy atom. The second-order valence-electron chi connectivity index (χ2n) is 3.89. The average Bonchev–Trinajstić information content (AvgIpc) is 2.37. The summed E-state index contributed by atoms with van der Waals surface area (Å²) in [5.74, 6) is -0.338. The number of anilines is 1. The van der Waals surface area contributed by atoms with Crippen molar-refractivity contribution in [3.05, 3.63) is 47.8 Å². The number of rotatable bonds is 3. The van der Waals surface area contributed by atoms with Gasteiger partial charge in [0.2, 0.25) is 0 Å². The van der Waals surface area contributed by atoms with E-state index in [1.54, 1.807) is 6.07 Å². The lowest BCUT2D eigenvalue weighted by Gasteiger charge is -2.11. The van der Waals surface area contributed by atoms with Crippen molar-refractivity contribution in [2.75, 3.05) is 12.4 Å². The maximum atomic E-state index is 13.1. The maximum Gasteiger partial charge on any atom is 0.416 e. The molecule has 1 aromatic heterocycles. The maximum absolute atomic E-state index is 13.1. The SMILES string of the molecule is CNc1cc(C(F)(F)F)cc(Sc2cccc(F)c2)n1. The molecule has 0 bridgehead atoms. The summed E-state index contributed by atoms with van der Waals surface area (Å²) >= 11 is 0.970. The normalized spacial score (nSPS) is 11.4. The number of hydrogen-bond acceptors (Lipinski definition) is 3. The van der Waals surface area contributed by atoms with E-state index in [4.69, 9.17) is 0 Å². The van der Waals surface area contributed by atoms with Crippen LogP contribution in [-0.2, 0) is 6.18 Å². The number of aromatic nitrogens is 1. The number of nitrogens with one attached hydrogen (secondary N) is 1. The number of pyridine rings is 1. The zero-order chi connectivity index (χ0) is 14.8. The molecule has 0 aliphatic heterocycles. The summed E-state index contributed by atoms with van der Waals surface area (Å²) < 4.78 is 51.3. The number of alkyl halides is 3. The van der Waals surface area contributed by atoms with Gasteiger partial charge in [-0.05, 0) is 30.3 Å². The lowest BCUT2D eigenvalue weighted by Crippen LogP contribution is -2.07. The summed E-state index contributed by atoms with van der Waals surface area (Å²) in [6.07, 6.45) is -4.45. The van der Waals surface area contributed by atoms with Crippen LogP contribution in [0.3, 0.4) is 0 Å². The smallest absolute Gasteiger partial charge is 0.373 e. The summed E-state index contributed by atoms with van der Waals surface area (Å²) in [6.45, 7) is 0. The molecular weight excluding hydrogens is 292 g/mol. The highest BCUT2D eigenvalue weighted by Gasteiger charge is 2.31. The molecule has 0 aliphatic carbocycles. The van der Waals surface area contributed by atoms with Gasteiger partial charge in [-0.2, -0.15) is 13.2 Å². The molecule has 2 aromatic rings. The molecule has 0 saturated heterocycles. The van der Waals surface area contributed by atoms with Gasteiger partial charge < -0.3 is 5.32 Å². The third-order valence-corrected chi connectivity index (χ3v) is 3.31. The molecule has 106 valence electrons. The van der Waals surface area contributed by atoms with Crippen LogP contribution in [0.5, 0.6) is 0 Å². The van der Waals surface area contributed by atoms with Crippen molar-refractivity contribution in [2.24, 2.45) is 0 Å². The first kappa shape index (κ1) is 14.6. The molecule has 20 heavy (non-hydrogen) atoms. The van der Waals surface area contributed by atoms with E-state index in [0.29, 0.717) is 4.90 Å². The Morgan fingerprint density at radius 3 is 2.50 bits per heavy atom. The molecule has 0 aliphatic rings. The fraction of sp³-hybridized carbons (Fsp3) is 0.154. The van der Waals surface area contributed by atoms with Crippen LogP contribution in [0, 0.1) is 5.82 Å². The molecule has 1 heterocycles. The Labute approximate surface area is 117 Å². The Bertz CT molecular complexity index is 614. The molecule has 0 spiro atoms. The van der Waals surface area contributed by atoms with Gasteiger partial charge in [0, 0.05) is 11.9 Å². The summed E-state index contributed by atoms with van der Waals surface area (Å²) in [5, 5.41) is 2.73. The molecule has 0 radical (unpaired) electrons. The molecule has 2 rings (SSSR count). The Kier molecular flexibility index (Phi) is 4.17. The Hall–Kier alpha value is -1.76. The largest absolute Gasteiger partial charge is 0.416 e. The second-order valence-corrected chi connectivity index (χ2v) is 4.98. The Balaban J connectivity index is 2.36. The van der Waals surface area contributed by atoms with Crippen molar-refractivity contribution in [1.82, 2.24) is 4.98 Å². The van der Waals surface area contributed by atoms with E-state index in [1.807, 2.05) is 0 Å². The van der Waals surface area contributed by atoms with E-state index in [2.05, 4.69) is 10.3 Å². The van der Waals surface area contributed by atoms with Crippen LogP contribution in [-0.4, -0.2) is 12.0 Å². The average molecular weight is 302 g/mol. The minimum absolute atomic E-state index is 0.110. The molecule has 2 nitrogen and oxygen atoms in total. The molecule has 0 atom stereocenters. The van der Waals surface area contributed by atoms with Crippen molar-refractivity contribution in [3.8, 4) is 0 Å². The summed E-state index contributed by atoms with van der Waals surface area (Å²) in [7, 11) is 1.49. The van der Waals surface area contributed by atoms with Gasteiger partial charge in [0.25, 0.3) is 0 Å². The van der Waals surface area contributed by atoms with Gasteiger partial charge in [-0.1, -0.05) is 17.8 Å². The van der Waals surface area contributed by atoms with Crippen LogP contribution < -0.4 is 5.32 Å². The van der Waals surface area contributed by atoms with Crippen LogP contribution in [0.25, 0.3) is 0 Å². The molecule has 0 amide bonds. The van der Waals surface area contributed by atoms with Crippen LogP contribution in [0.1, 0.15) is 5.56 Å². The summed E-state index contributed by atoms with van der Waals surface area (Å²) in [6, 6.07) is 7.47. The van der Waals surface area contributed by atoms with Gasteiger partial charge in [0.1, 0.15) is 16.7 Å². The predicted molar refractivity (Wildman–Crippen MR) is 69.3 cm³/mol. The minimum Gasteiger partial charge on any atom is -0.373 e. The number of hydrogen-bond donors (Lipinski definition) is 1. The fourth-order valence-corrected chi connectivity index (χ4v) is 2.39. The van der Waals surface area contributed by atoms with E-state index in [0.717, 1.165) is 23.9 Å². The van der Waals surface area contributed by atoms with Crippen molar-refractivity contribution < 1.29 is 17.6 Å². The third-order valence-electron chi connectivity index (χ3n) is 2.40. The standard InChI is InChI=1S/C13H10F4N2S/c1-18-11-5-8(13(15,16)17)6-12(19-11)20-10-4-2-3-9(14)7-10/h2-7H,1H3,(H,18,19). The van der Waals surface area contributed by atoms with E-state index < -0.39 is 17.6 Å². The van der Waals surface area contributed by atoms with Crippen molar-refractivity contribution in [2.45, 2.75) is 16.1 Å². The van der Waals surface area contributed by atoms with E-state index in [1.165, 1.54) is 25.2 Å². The molecule has 0 fully saturated rings. The highest BCUT2D eigenvalue weighted by atomic mass is 32.2. The van der Waals surface area contributed by atoms with Gasteiger partial charge in [0.15, 0.2) is 0 Å². The number of halogens is 4. The third kappa shape index (κ3) is 3.63. The first-order valence-corrected chi connectivity index (χ1v) is 6.40. The van der Waals surface area contributed by atoms with E-state index in [9.17, 15) is 17.6 Å². The zero-order valence-corrected chi connectivity index (χ0v) is 11.1. The zero-order valence-electron chi connectivity index (χ0n) is 10.3. The molecule has 0 unspecified atom stereocenters. The van der Waals surface area contributed by atoms with Crippen LogP contribution in [0.4, 0.5) is 23.4 Å².